The highest BCUT2D eigenvalue weighted by atomic mass is 32.1. The molecule has 1 aromatic rings. The van der Waals surface area contributed by atoms with Crippen LogP contribution in [0.4, 0.5) is 5.13 Å². The van der Waals surface area contributed by atoms with Gasteiger partial charge in [-0.15, -0.1) is 0 Å². The van der Waals surface area contributed by atoms with Crippen molar-refractivity contribution in [3.8, 4) is 0 Å². The van der Waals surface area contributed by atoms with E-state index in [4.69, 9.17) is 4.74 Å². The van der Waals surface area contributed by atoms with E-state index in [1.807, 2.05) is 7.05 Å². The Balaban J connectivity index is 2.08. The third-order valence-electron chi connectivity index (χ3n) is 3.24. The summed E-state index contributed by atoms with van der Waals surface area (Å²) in [6, 6.07) is 0. The van der Waals surface area contributed by atoms with E-state index in [2.05, 4.69) is 14.7 Å². The lowest BCUT2D eigenvalue weighted by Gasteiger charge is -2.27. The molecule has 1 atom stereocenters. The van der Waals surface area contributed by atoms with Crippen molar-refractivity contribution in [1.82, 2.24) is 9.36 Å². The number of aromatic nitrogens is 2. The molecular formula is C11H19N3OS. The maximum atomic E-state index is 5.59. The first kappa shape index (κ1) is 11.8. The zero-order valence-corrected chi connectivity index (χ0v) is 10.7. The Bertz CT molecular complexity index is 323. The summed E-state index contributed by atoms with van der Waals surface area (Å²) in [6.45, 7) is 0. The highest BCUT2D eigenvalue weighted by Crippen LogP contribution is 2.36. The van der Waals surface area contributed by atoms with Gasteiger partial charge in [-0.25, -0.2) is 4.98 Å². The fourth-order valence-electron chi connectivity index (χ4n) is 2.40. The van der Waals surface area contributed by atoms with Gasteiger partial charge in [-0.1, -0.05) is 19.3 Å². The quantitative estimate of drug-likeness (QED) is 0.880. The third kappa shape index (κ3) is 2.52. The van der Waals surface area contributed by atoms with E-state index in [1.54, 1.807) is 7.11 Å². The fourth-order valence-corrected chi connectivity index (χ4v) is 2.95. The minimum absolute atomic E-state index is 0.0821. The predicted molar refractivity (Wildman–Crippen MR) is 65.8 cm³/mol. The van der Waals surface area contributed by atoms with E-state index < -0.39 is 0 Å². The number of rotatable bonds is 4. The largest absolute Gasteiger partial charge is 0.373 e. The average molecular weight is 241 g/mol. The first-order valence-corrected chi connectivity index (χ1v) is 6.66. The van der Waals surface area contributed by atoms with Gasteiger partial charge in [0.25, 0.3) is 0 Å². The zero-order valence-electron chi connectivity index (χ0n) is 9.90. The molecule has 1 fully saturated rings. The van der Waals surface area contributed by atoms with Crippen molar-refractivity contribution in [1.29, 1.82) is 0 Å². The topological polar surface area (TPSA) is 47.0 Å². The number of nitrogens with one attached hydrogen (secondary N) is 1. The second-order valence-corrected chi connectivity index (χ2v) is 5.01. The molecule has 16 heavy (non-hydrogen) atoms. The highest BCUT2D eigenvalue weighted by molar-refractivity contribution is 7.09. The maximum Gasteiger partial charge on any atom is 0.202 e. The van der Waals surface area contributed by atoms with Gasteiger partial charge in [-0.05, 0) is 18.8 Å². The Kier molecular flexibility index (Phi) is 4.12. The normalized spacial score (nSPS) is 19.6. The minimum Gasteiger partial charge on any atom is -0.373 e. The number of anilines is 1. The third-order valence-corrected chi connectivity index (χ3v) is 3.99. The Hall–Kier alpha value is -0.680. The summed E-state index contributed by atoms with van der Waals surface area (Å²) in [5, 5.41) is 3.89. The molecule has 1 aliphatic rings. The molecule has 2 rings (SSSR count). The van der Waals surface area contributed by atoms with Crippen LogP contribution < -0.4 is 5.32 Å². The molecule has 0 spiro atoms. The summed E-state index contributed by atoms with van der Waals surface area (Å²) in [7, 11) is 3.63. The lowest BCUT2D eigenvalue weighted by molar-refractivity contribution is 0.0298. The van der Waals surface area contributed by atoms with Crippen LogP contribution in [0.1, 0.15) is 44.0 Å². The van der Waals surface area contributed by atoms with E-state index in [0.29, 0.717) is 5.92 Å². The van der Waals surface area contributed by atoms with Crippen molar-refractivity contribution in [2.45, 2.75) is 38.2 Å². The number of methoxy groups -OCH3 is 1. The summed E-state index contributed by atoms with van der Waals surface area (Å²) in [4.78, 5) is 4.45. The maximum absolute atomic E-state index is 5.59. The van der Waals surface area contributed by atoms with Crippen LogP contribution >= 0.6 is 11.5 Å². The minimum atomic E-state index is 0.0821. The number of hydrogen-bond donors (Lipinski definition) is 1. The first-order valence-electron chi connectivity index (χ1n) is 5.89. The standard InChI is InChI=1S/C11H19N3OS/c1-12-11-13-10(14-16-11)9(15-2)8-6-4-3-5-7-8/h8-9H,3-7H2,1-2H3,(H,12,13,14). The molecule has 0 radical (unpaired) electrons. The molecule has 1 aliphatic carbocycles. The molecule has 1 unspecified atom stereocenters. The van der Waals surface area contributed by atoms with Crippen LogP contribution in [-0.4, -0.2) is 23.5 Å². The summed E-state index contributed by atoms with van der Waals surface area (Å²) < 4.78 is 9.96. The summed E-state index contributed by atoms with van der Waals surface area (Å²) in [5.74, 6) is 1.45. The monoisotopic (exact) mass is 241 g/mol. The van der Waals surface area contributed by atoms with Crippen LogP contribution in [0, 0.1) is 5.92 Å². The van der Waals surface area contributed by atoms with Crippen LogP contribution in [0.5, 0.6) is 0 Å². The van der Waals surface area contributed by atoms with E-state index in [9.17, 15) is 0 Å². The van der Waals surface area contributed by atoms with Crippen LogP contribution in [0.3, 0.4) is 0 Å². The van der Waals surface area contributed by atoms with Gasteiger partial charge in [0, 0.05) is 25.7 Å². The Morgan fingerprint density at radius 1 is 1.38 bits per heavy atom. The van der Waals surface area contributed by atoms with Gasteiger partial charge in [0.1, 0.15) is 6.10 Å². The van der Waals surface area contributed by atoms with Gasteiger partial charge in [-0.3, -0.25) is 0 Å². The lowest BCUT2D eigenvalue weighted by atomic mass is 9.85. The molecule has 1 saturated carbocycles. The lowest BCUT2D eigenvalue weighted by Crippen LogP contribution is -2.19. The second-order valence-electron chi connectivity index (χ2n) is 4.26. The molecule has 1 heterocycles. The Morgan fingerprint density at radius 3 is 2.69 bits per heavy atom. The molecule has 90 valence electrons. The molecule has 4 nitrogen and oxygen atoms in total. The van der Waals surface area contributed by atoms with Crippen molar-refractivity contribution < 1.29 is 4.74 Å². The molecule has 0 bridgehead atoms. The molecule has 0 aromatic carbocycles. The number of nitrogens with zero attached hydrogens (tertiary/aromatic N) is 2. The van der Waals surface area contributed by atoms with E-state index in [-0.39, 0.29) is 6.10 Å². The Morgan fingerprint density at radius 2 is 2.12 bits per heavy atom. The summed E-state index contributed by atoms with van der Waals surface area (Å²) >= 11 is 1.41. The fraction of sp³-hybridized carbons (Fsp3) is 0.818. The highest BCUT2D eigenvalue weighted by Gasteiger charge is 2.27. The molecule has 5 heteroatoms. The van der Waals surface area contributed by atoms with Crippen molar-refractivity contribution in [3.05, 3.63) is 5.82 Å². The van der Waals surface area contributed by atoms with Crippen molar-refractivity contribution in [2.24, 2.45) is 5.92 Å². The zero-order chi connectivity index (χ0) is 11.4. The van der Waals surface area contributed by atoms with Crippen LogP contribution in [0.25, 0.3) is 0 Å². The smallest absolute Gasteiger partial charge is 0.202 e. The van der Waals surface area contributed by atoms with Crippen molar-refractivity contribution in [3.63, 3.8) is 0 Å². The second kappa shape index (κ2) is 5.59. The van der Waals surface area contributed by atoms with Gasteiger partial charge in [-0.2, -0.15) is 4.37 Å². The number of ether oxygens (including phenoxy) is 1. The van der Waals surface area contributed by atoms with Gasteiger partial charge >= 0.3 is 0 Å². The molecular weight excluding hydrogens is 222 g/mol. The first-order chi connectivity index (χ1) is 7.85. The molecule has 1 aromatic heterocycles. The molecule has 0 aliphatic heterocycles. The van der Waals surface area contributed by atoms with Crippen molar-refractivity contribution in [2.75, 3.05) is 19.5 Å². The molecule has 0 amide bonds. The van der Waals surface area contributed by atoms with Crippen LogP contribution in [0.15, 0.2) is 0 Å². The van der Waals surface area contributed by atoms with E-state index in [0.717, 1.165) is 11.0 Å². The van der Waals surface area contributed by atoms with Crippen molar-refractivity contribution >= 4 is 16.7 Å². The average Bonchev–Trinajstić information content (AvgIpc) is 2.80. The van der Waals surface area contributed by atoms with E-state index in [1.165, 1.54) is 43.6 Å². The SMILES string of the molecule is CNc1nc(C(OC)C2CCCCC2)ns1. The van der Waals surface area contributed by atoms with E-state index >= 15 is 0 Å². The predicted octanol–water partition coefficient (Wildman–Crippen LogP) is 2.85. The van der Waals surface area contributed by atoms with Gasteiger partial charge in [0.2, 0.25) is 5.13 Å². The van der Waals surface area contributed by atoms with Gasteiger partial charge < -0.3 is 10.1 Å². The summed E-state index contributed by atoms with van der Waals surface area (Å²) in [6.07, 6.45) is 6.55. The molecule has 0 saturated heterocycles. The van der Waals surface area contributed by atoms with Crippen LogP contribution in [0.2, 0.25) is 0 Å². The number of hydrogen-bond acceptors (Lipinski definition) is 5. The van der Waals surface area contributed by atoms with Crippen LogP contribution in [-0.2, 0) is 4.74 Å². The van der Waals surface area contributed by atoms with Gasteiger partial charge in [0.15, 0.2) is 5.82 Å². The Labute approximate surface area is 101 Å². The molecule has 1 N–H and O–H groups in total. The summed E-state index contributed by atoms with van der Waals surface area (Å²) in [5.41, 5.74) is 0. The van der Waals surface area contributed by atoms with Gasteiger partial charge in [0.05, 0.1) is 0 Å².